The lowest BCUT2D eigenvalue weighted by atomic mass is 9.89. The van der Waals surface area contributed by atoms with Gasteiger partial charge in [0.25, 0.3) is 0 Å². The summed E-state index contributed by atoms with van der Waals surface area (Å²) in [4.78, 5) is 11.6. The molecule has 1 heterocycles. The van der Waals surface area contributed by atoms with Gasteiger partial charge in [-0.15, -0.1) is 0 Å². The highest BCUT2D eigenvalue weighted by molar-refractivity contribution is 5.80. The van der Waals surface area contributed by atoms with Crippen LogP contribution in [-0.2, 0) is 16.1 Å². The van der Waals surface area contributed by atoms with E-state index in [9.17, 15) is 4.79 Å². The van der Waals surface area contributed by atoms with Crippen LogP contribution in [0.25, 0.3) is 5.57 Å². The minimum absolute atomic E-state index is 0.323. The molecule has 0 saturated carbocycles. The minimum atomic E-state index is 0.323. The zero-order valence-corrected chi connectivity index (χ0v) is 12.9. The van der Waals surface area contributed by atoms with Crippen molar-refractivity contribution in [3.8, 4) is 0 Å². The number of hydrogen-bond donors (Lipinski definition) is 0. The zero-order chi connectivity index (χ0) is 15.1. The SMILES string of the molecule is CCOCCn1cc(C2=CC(CC(=O)CC)CC=C2)cn1. The number of nitrogens with zero attached hydrogens (tertiary/aromatic N) is 2. The van der Waals surface area contributed by atoms with Crippen LogP contribution < -0.4 is 0 Å². The van der Waals surface area contributed by atoms with Crippen LogP contribution in [0.15, 0.2) is 30.6 Å². The summed E-state index contributed by atoms with van der Waals surface area (Å²) in [5, 5.41) is 4.36. The Hall–Kier alpha value is -1.68. The third-order valence-electron chi connectivity index (χ3n) is 3.67. The molecule has 0 spiro atoms. The summed E-state index contributed by atoms with van der Waals surface area (Å²) < 4.78 is 7.24. The minimum Gasteiger partial charge on any atom is -0.380 e. The van der Waals surface area contributed by atoms with E-state index in [1.165, 1.54) is 0 Å². The summed E-state index contributed by atoms with van der Waals surface area (Å²) in [6, 6.07) is 0. The van der Waals surface area contributed by atoms with Crippen molar-refractivity contribution in [1.82, 2.24) is 9.78 Å². The highest BCUT2D eigenvalue weighted by Crippen LogP contribution is 2.26. The van der Waals surface area contributed by atoms with E-state index in [2.05, 4.69) is 23.3 Å². The Morgan fingerprint density at radius 3 is 3.10 bits per heavy atom. The predicted molar refractivity (Wildman–Crippen MR) is 83.9 cm³/mol. The lowest BCUT2D eigenvalue weighted by Gasteiger charge is -2.15. The molecular formula is C17H24N2O2. The largest absolute Gasteiger partial charge is 0.380 e. The first-order chi connectivity index (χ1) is 10.2. The Morgan fingerprint density at radius 1 is 1.48 bits per heavy atom. The molecule has 0 saturated heterocycles. The maximum absolute atomic E-state index is 11.6. The molecule has 0 amide bonds. The van der Waals surface area contributed by atoms with E-state index in [0.29, 0.717) is 31.1 Å². The maximum atomic E-state index is 11.6. The molecule has 2 rings (SSSR count). The van der Waals surface area contributed by atoms with E-state index in [0.717, 1.165) is 30.7 Å². The zero-order valence-electron chi connectivity index (χ0n) is 12.9. The number of Topliss-reactive ketones (excluding diaryl/α,β-unsaturated/α-hetero) is 1. The Bertz CT molecular complexity index is 529. The molecule has 1 aromatic rings. The van der Waals surface area contributed by atoms with Gasteiger partial charge < -0.3 is 4.74 Å². The monoisotopic (exact) mass is 288 g/mol. The van der Waals surface area contributed by atoms with Crippen LogP contribution in [0, 0.1) is 5.92 Å². The first-order valence-electron chi connectivity index (χ1n) is 7.73. The van der Waals surface area contributed by atoms with Crippen LogP contribution in [0.4, 0.5) is 0 Å². The summed E-state index contributed by atoms with van der Waals surface area (Å²) in [7, 11) is 0. The molecule has 0 bridgehead atoms. The highest BCUT2D eigenvalue weighted by atomic mass is 16.5. The second-order valence-corrected chi connectivity index (χ2v) is 5.31. The molecule has 0 fully saturated rings. The highest BCUT2D eigenvalue weighted by Gasteiger charge is 2.14. The van der Waals surface area contributed by atoms with E-state index in [-0.39, 0.29) is 0 Å². The van der Waals surface area contributed by atoms with Gasteiger partial charge in [-0.05, 0) is 24.8 Å². The number of ether oxygens (including phenoxy) is 1. The van der Waals surface area contributed by atoms with Gasteiger partial charge in [-0.2, -0.15) is 5.10 Å². The molecule has 0 aliphatic heterocycles. The Kier molecular flexibility index (Phi) is 5.93. The smallest absolute Gasteiger partial charge is 0.133 e. The number of carbonyl (C=O) groups is 1. The van der Waals surface area contributed by atoms with Gasteiger partial charge in [0, 0.05) is 31.2 Å². The van der Waals surface area contributed by atoms with Crippen molar-refractivity contribution in [2.75, 3.05) is 13.2 Å². The lowest BCUT2D eigenvalue weighted by molar-refractivity contribution is -0.119. The van der Waals surface area contributed by atoms with Crippen molar-refractivity contribution in [2.24, 2.45) is 5.92 Å². The molecule has 1 unspecified atom stereocenters. The molecular weight excluding hydrogens is 264 g/mol. The van der Waals surface area contributed by atoms with Crippen molar-refractivity contribution in [2.45, 2.75) is 39.7 Å². The van der Waals surface area contributed by atoms with Crippen molar-refractivity contribution in [3.63, 3.8) is 0 Å². The van der Waals surface area contributed by atoms with Gasteiger partial charge in [0.2, 0.25) is 0 Å². The fourth-order valence-electron chi connectivity index (χ4n) is 2.46. The van der Waals surface area contributed by atoms with Crippen LogP contribution in [0.3, 0.4) is 0 Å². The van der Waals surface area contributed by atoms with Crippen LogP contribution in [-0.4, -0.2) is 28.8 Å². The molecule has 0 aromatic carbocycles. The first kappa shape index (κ1) is 15.7. The fraction of sp³-hybridized carbons (Fsp3) is 0.529. The van der Waals surface area contributed by atoms with Crippen LogP contribution >= 0.6 is 0 Å². The van der Waals surface area contributed by atoms with E-state index in [4.69, 9.17) is 4.74 Å². The lowest BCUT2D eigenvalue weighted by Crippen LogP contribution is -2.07. The predicted octanol–water partition coefficient (Wildman–Crippen LogP) is 3.25. The topological polar surface area (TPSA) is 44.1 Å². The van der Waals surface area contributed by atoms with Gasteiger partial charge in [-0.25, -0.2) is 0 Å². The average Bonchev–Trinajstić information content (AvgIpc) is 2.96. The molecule has 1 aromatic heterocycles. The van der Waals surface area contributed by atoms with E-state index >= 15 is 0 Å². The van der Waals surface area contributed by atoms with Crippen molar-refractivity contribution >= 4 is 11.4 Å². The van der Waals surface area contributed by atoms with Crippen LogP contribution in [0.5, 0.6) is 0 Å². The van der Waals surface area contributed by atoms with Gasteiger partial charge in [0.15, 0.2) is 0 Å². The van der Waals surface area contributed by atoms with Crippen LogP contribution in [0.1, 0.15) is 38.7 Å². The summed E-state index contributed by atoms with van der Waals surface area (Å²) in [5.41, 5.74) is 2.27. The quantitative estimate of drug-likeness (QED) is 0.690. The Balaban J connectivity index is 1.99. The van der Waals surface area contributed by atoms with Crippen molar-refractivity contribution < 1.29 is 9.53 Å². The number of rotatable bonds is 8. The second-order valence-electron chi connectivity index (χ2n) is 5.31. The molecule has 1 atom stereocenters. The Morgan fingerprint density at radius 2 is 2.33 bits per heavy atom. The molecule has 21 heavy (non-hydrogen) atoms. The molecule has 0 N–H and O–H groups in total. The van der Waals surface area contributed by atoms with Gasteiger partial charge in [0.05, 0.1) is 19.3 Å². The summed E-state index contributed by atoms with van der Waals surface area (Å²) >= 11 is 0. The van der Waals surface area contributed by atoms with Crippen molar-refractivity contribution in [3.05, 3.63) is 36.2 Å². The van der Waals surface area contributed by atoms with Gasteiger partial charge in [0.1, 0.15) is 5.78 Å². The number of ketones is 1. The number of carbonyl (C=O) groups excluding carboxylic acids is 1. The summed E-state index contributed by atoms with van der Waals surface area (Å²) in [5.74, 6) is 0.655. The second kappa shape index (κ2) is 7.93. The van der Waals surface area contributed by atoms with Crippen LogP contribution in [0.2, 0.25) is 0 Å². The van der Waals surface area contributed by atoms with E-state index in [1.807, 2.05) is 30.9 Å². The summed E-state index contributed by atoms with van der Waals surface area (Å²) in [6.45, 7) is 6.09. The molecule has 0 radical (unpaired) electrons. The number of hydrogen-bond acceptors (Lipinski definition) is 3. The van der Waals surface area contributed by atoms with Crippen molar-refractivity contribution in [1.29, 1.82) is 0 Å². The fourth-order valence-corrected chi connectivity index (χ4v) is 2.46. The van der Waals surface area contributed by atoms with E-state index in [1.54, 1.807) is 0 Å². The third-order valence-corrected chi connectivity index (χ3v) is 3.67. The molecule has 114 valence electrons. The van der Waals surface area contributed by atoms with Gasteiger partial charge in [-0.1, -0.05) is 25.2 Å². The number of allylic oxidation sites excluding steroid dienone is 4. The maximum Gasteiger partial charge on any atom is 0.133 e. The first-order valence-corrected chi connectivity index (χ1v) is 7.73. The molecule has 4 heteroatoms. The normalized spacial score (nSPS) is 17.8. The van der Waals surface area contributed by atoms with Gasteiger partial charge in [-0.3, -0.25) is 9.48 Å². The number of aromatic nitrogens is 2. The molecule has 1 aliphatic carbocycles. The Labute approximate surface area is 126 Å². The molecule has 4 nitrogen and oxygen atoms in total. The molecule has 1 aliphatic rings. The summed E-state index contributed by atoms with van der Waals surface area (Å²) in [6.07, 6.45) is 12.6. The van der Waals surface area contributed by atoms with Gasteiger partial charge >= 0.3 is 0 Å². The van der Waals surface area contributed by atoms with E-state index < -0.39 is 0 Å². The third kappa shape index (κ3) is 4.67. The average molecular weight is 288 g/mol. The standard InChI is InChI=1S/C17H24N2O2/c1-3-17(20)11-14-6-5-7-15(10-14)16-12-18-19(13-16)8-9-21-4-2/h5,7,10,12-14H,3-4,6,8-9,11H2,1-2H3.